The fourth-order valence-corrected chi connectivity index (χ4v) is 1.30. The molecule has 3 nitrogen and oxygen atoms in total. The number of carbonyl (C=O) groups is 1. The molecule has 5 heteroatoms. The van der Waals surface area contributed by atoms with Gasteiger partial charge in [-0.25, -0.2) is 4.98 Å². The Morgan fingerprint density at radius 2 is 2.40 bits per heavy atom. The van der Waals surface area contributed by atoms with Crippen LogP contribution in [0.4, 0.5) is 5.69 Å². The van der Waals surface area contributed by atoms with Crippen LogP contribution in [-0.2, 0) is 4.79 Å². The molecule has 0 radical (unpaired) electrons. The molecule has 0 aliphatic heterocycles. The molecule has 15 heavy (non-hydrogen) atoms. The van der Waals surface area contributed by atoms with E-state index in [9.17, 15) is 4.79 Å². The van der Waals surface area contributed by atoms with Crippen LogP contribution in [0.3, 0.4) is 0 Å². The molecule has 0 bridgehead atoms. The van der Waals surface area contributed by atoms with Gasteiger partial charge in [-0.15, -0.1) is 0 Å². The Bertz CT molecular complexity index is 437. The molecule has 78 valence electrons. The predicted octanol–water partition coefficient (Wildman–Crippen LogP) is 1.95. The van der Waals surface area contributed by atoms with Gasteiger partial charge in [-0.05, 0) is 18.1 Å². The molecule has 0 aliphatic rings. The molecule has 2 N–H and O–H groups in total. The Hall–Kier alpha value is -1.18. The van der Waals surface area contributed by atoms with Gasteiger partial charge in [0.1, 0.15) is 10.8 Å². The summed E-state index contributed by atoms with van der Waals surface area (Å²) in [6.45, 7) is 1.50. The number of aromatic nitrogens is 1. The van der Waals surface area contributed by atoms with Crippen molar-refractivity contribution in [2.45, 2.75) is 6.92 Å². The lowest BCUT2D eigenvalue weighted by Gasteiger charge is -1.96. The second-order valence-corrected chi connectivity index (χ2v) is 4.19. The van der Waals surface area contributed by atoms with E-state index in [2.05, 4.69) is 16.8 Å². The Morgan fingerprint density at radius 3 is 3.07 bits per heavy atom. The molecule has 0 saturated carbocycles. The van der Waals surface area contributed by atoms with Gasteiger partial charge in [-0.3, -0.25) is 4.79 Å². The normalized spacial score (nSPS) is 9.20. The van der Waals surface area contributed by atoms with Crippen molar-refractivity contribution in [3.05, 3.63) is 23.0 Å². The van der Waals surface area contributed by atoms with Gasteiger partial charge in [0.05, 0.1) is 11.4 Å². The van der Waals surface area contributed by atoms with Crippen molar-refractivity contribution in [2.75, 3.05) is 11.5 Å². The first kappa shape index (κ1) is 11.9. The third-order valence-corrected chi connectivity index (χ3v) is 2.35. The number of nitrogens with zero attached hydrogens (tertiary/aromatic N) is 1. The second-order valence-electron chi connectivity index (χ2n) is 2.65. The van der Waals surface area contributed by atoms with E-state index in [0.717, 1.165) is 11.8 Å². The molecule has 0 atom stereocenters. The Balaban J connectivity index is 2.71. The summed E-state index contributed by atoms with van der Waals surface area (Å²) in [5.41, 5.74) is 6.57. The van der Waals surface area contributed by atoms with Crippen molar-refractivity contribution >= 4 is 34.2 Å². The molecular formula is C10H9ClN2OS. The molecule has 0 aliphatic carbocycles. The number of hydrogen-bond acceptors (Lipinski definition) is 4. The number of nitrogen functional groups attached to an aromatic ring is 1. The highest BCUT2D eigenvalue weighted by Gasteiger charge is 1.97. The summed E-state index contributed by atoms with van der Waals surface area (Å²) < 4.78 is 0. The summed E-state index contributed by atoms with van der Waals surface area (Å²) in [5, 5.41) is 0.393. The van der Waals surface area contributed by atoms with Gasteiger partial charge < -0.3 is 5.73 Å². The van der Waals surface area contributed by atoms with E-state index < -0.39 is 0 Å². The summed E-state index contributed by atoms with van der Waals surface area (Å²) in [4.78, 5) is 14.6. The average molecular weight is 241 g/mol. The predicted molar refractivity (Wildman–Crippen MR) is 63.7 cm³/mol. The molecule has 1 aromatic rings. The Morgan fingerprint density at radius 1 is 1.67 bits per heavy atom. The summed E-state index contributed by atoms with van der Waals surface area (Å²) in [6.07, 6.45) is 0. The maximum absolute atomic E-state index is 10.6. The van der Waals surface area contributed by atoms with Crippen LogP contribution in [-0.4, -0.2) is 15.9 Å². The fraction of sp³-hybridized carbons (Fsp3) is 0.200. The highest BCUT2D eigenvalue weighted by molar-refractivity contribution is 8.13. The zero-order chi connectivity index (χ0) is 11.3. The molecule has 1 heterocycles. The van der Waals surface area contributed by atoms with Gasteiger partial charge in [-0.2, -0.15) is 0 Å². The van der Waals surface area contributed by atoms with Crippen LogP contribution in [0.5, 0.6) is 0 Å². The molecule has 0 amide bonds. The summed E-state index contributed by atoms with van der Waals surface area (Å²) in [6, 6.07) is 3.25. The number of rotatable bonds is 1. The number of hydrogen-bond donors (Lipinski definition) is 1. The van der Waals surface area contributed by atoms with Crippen molar-refractivity contribution in [3.63, 3.8) is 0 Å². The fourth-order valence-electron chi connectivity index (χ4n) is 0.804. The maximum Gasteiger partial charge on any atom is 0.186 e. The SMILES string of the molecule is CC(=O)SCC#Cc1nc(Cl)ccc1N. The lowest BCUT2D eigenvalue weighted by molar-refractivity contribution is -0.109. The molecule has 0 aromatic carbocycles. The van der Waals surface area contributed by atoms with E-state index in [0.29, 0.717) is 22.3 Å². The second kappa shape index (κ2) is 5.64. The topological polar surface area (TPSA) is 56.0 Å². The van der Waals surface area contributed by atoms with Crippen LogP contribution in [0, 0.1) is 11.8 Å². The largest absolute Gasteiger partial charge is 0.396 e. The van der Waals surface area contributed by atoms with E-state index in [-0.39, 0.29) is 5.12 Å². The van der Waals surface area contributed by atoms with Crippen molar-refractivity contribution < 1.29 is 4.79 Å². The monoisotopic (exact) mass is 240 g/mol. The molecule has 0 unspecified atom stereocenters. The van der Waals surface area contributed by atoms with E-state index in [1.165, 1.54) is 6.92 Å². The van der Waals surface area contributed by atoms with Crippen LogP contribution in [0.2, 0.25) is 5.15 Å². The standard InChI is InChI=1S/C10H9ClN2OS/c1-7(14)15-6-2-3-9-8(12)4-5-10(11)13-9/h4-5H,6,12H2,1H3. The van der Waals surface area contributed by atoms with Gasteiger partial charge in [-0.1, -0.05) is 29.3 Å². The lowest BCUT2D eigenvalue weighted by atomic mass is 10.3. The molecule has 0 saturated heterocycles. The van der Waals surface area contributed by atoms with Crippen LogP contribution in [0.15, 0.2) is 12.1 Å². The van der Waals surface area contributed by atoms with Gasteiger partial charge in [0.25, 0.3) is 0 Å². The average Bonchev–Trinajstić information content (AvgIpc) is 2.17. The Kier molecular flexibility index (Phi) is 4.47. The van der Waals surface area contributed by atoms with Gasteiger partial charge >= 0.3 is 0 Å². The van der Waals surface area contributed by atoms with E-state index in [1.807, 2.05) is 0 Å². The maximum atomic E-state index is 10.6. The van der Waals surface area contributed by atoms with Gasteiger partial charge in [0.15, 0.2) is 5.12 Å². The minimum Gasteiger partial charge on any atom is -0.396 e. The third kappa shape index (κ3) is 4.24. The van der Waals surface area contributed by atoms with E-state index in [4.69, 9.17) is 17.3 Å². The first-order chi connectivity index (χ1) is 7.09. The van der Waals surface area contributed by atoms with Crippen molar-refractivity contribution in [1.82, 2.24) is 4.98 Å². The van der Waals surface area contributed by atoms with Crippen molar-refractivity contribution in [2.24, 2.45) is 0 Å². The zero-order valence-electron chi connectivity index (χ0n) is 8.08. The minimum absolute atomic E-state index is 0.0383. The van der Waals surface area contributed by atoms with Crippen LogP contribution in [0.1, 0.15) is 12.6 Å². The number of anilines is 1. The number of nitrogens with two attached hydrogens (primary N) is 1. The highest BCUT2D eigenvalue weighted by Crippen LogP contribution is 2.12. The lowest BCUT2D eigenvalue weighted by Crippen LogP contribution is -1.93. The van der Waals surface area contributed by atoms with Crippen LogP contribution in [0.25, 0.3) is 0 Å². The number of pyridine rings is 1. The summed E-state index contributed by atoms with van der Waals surface area (Å²) in [5.74, 6) is 5.99. The summed E-state index contributed by atoms with van der Waals surface area (Å²) >= 11 is 6.83. The van der Waals surface area contributed by atoms with E-state index in [1.54, 1.807) is 12.1 Å². The zero-order valence-corrected chi connectivity index (χ0v) is 9.65. The van der Waals surface area contributed by atoms with Crippen LogP contribution < -0.4 is 5.73 Å². The van der Waals surface area contributed by atoms with Crippen LogP contribution >= 0.6 is 23.4 Å². The smallest absolute Gasteiger partial charge is 0.186 e. The number of halogens is 1. The Labute approximate surface area is 97.4 Å². The quantitative estimate of drug-likeness (QED) is 0.602. The number of thioether (sulfide) groups is 1. The minimum atomic E-state index is 0.0383. The molecule has 0 spiro atoms. The first-order valence-corrected chi connectivity index (χ1v) is 5.50. The third-order valence-electron chi connectivity index (χ3n) is 1.45. The molecule has 0 fully saturated rings. The van der Waals surface area contributed by atoms with Crippen molar-refractivity contribution in [3.8, 4) is 11.8 Å². The molecule has 1 aromatic heterocycles. The molecule has 1 rings (SSSR count). The van der Waals surface area contributed by atoms with E-state index >= 15 is 0 Å². The summed E-state index contributed by atoms with van der Waals surface area (Å²) in [7, 11) is 0. The molecular weight excluding hydrogens is 232 g/mol. The highest BCUT2D eigenvalue weighted by atomic mass is 35.5. The van der Waals surface area contributed by atoms with Gasteiger partial charge in [0, 0.05) is 6.92 Å². The number of carbonyl (C=O) groups excluding carboxylic acids is 1. The first-order valence-electron chi connectivity index (χ1n) is 4.14. The van der Waals surface area contributed by atoms with Crippen molar-refractivity contribution in [1.29, 1.82) is 0 Å². The van der Waals surface area contributed by atoms with Gasteiger partial charge in [0.2, 0.25) is 0 Å².